The Bertz CT molecular complexity index is 1210. The van der Waals surface area contributed by atoms with Crippen molar-refractivity contribution >= 4 is 12.2 Å². The first-order chi connectivity index (χ1) is 16.2. The molecule has 0 unspecified atom stereocenters. The minimum Gasteiger partial charge on any atom is -0.494 e. The zero-order valence-electron chi connectivity index (χ0n) is 19.6. The van der Waals surface area contributed by atoms with Gasteiger partial charge >= 0.3 is 0 Å². The number of pyridine rings is 1. The Balaban J connectivity index is 1.76. The van der Waals surface area contributed by atoms with Crippen LogP contribution < -0.4 is 15.4 Å². The molecule has 3 aromatic rings. The lowest BCUT2D eigenvalue weighted by Gasteiger charge is -2.06. The van der Waals surface area contributed by atoms with Crippen LogP contribution in [0.3, 0.4) is 0 Å². The minimum atomic E-state index is 0.503. The van der Waals surface area contributed by atoms with E-state index in [2.05, 4.69) is 24.6 Å². The highest BCUT2D eigenvalue weighted by Gasteiger charge is 2.09. The molecule has 2 heterocycles. The van der Waals surface area contributed by atoms with E-state index in [4.69, 9.17) is 9.15 Å². The standard InChI is InChI=1S/C29H32N2O2/c1-4-6-7-8-9-10-16-32-26-14-12-24(13-15-26)28-17-22(3)29(33-28)27(11-5-2)25-18-23(19-30)20-31-21-25/h5,11-15,17-18,20-21H,3-4,6-10,16H2,1-2H3/b11-5-,29-27-. The van der Waals surface area contributed by atoms with Gasteiger partial charge in [-0.15, -0.1) is 0 Å². The number of hydrogen-bond donors (Lipinski definition) is 0. The minimum absolute atomic E-state index is 0.503. The van der Waals surface area contributed by atoms with Gasteiger partial charge in [0.15, 0.2) is 0 Å². The summed E-state index contributed by atoms with van der Waals surface area (Å²) >= 11 is 0. The van der Waals surface area contributed by atoms with Crippen molar-refractivity contribution in [2.24, 2.45) is 0 Å². The van der Waals surface area contributed by atoms with Gasteiger partial charge < -0.3 is 9.15 Å². The number of nitrogens with zero attached hydrogens (tertiary/aromatic N) is 2. The predicted octanol–water partition coefficient (Wildman–Crippen LogP) is 6.14. The Morgan fingerprint density at radius 3 is 2.58 bits per heavy atom. The topological polar surface area (TPSA) is 59.1 Å². The van der Waals surface area contributed by atoms with Gasteiger partial charge in [-0.1, -0.05) is 57.8 Å². The molecular weight excluding hydrogens is 408 g/mol. The van der Waals surface area contributed by atoms with E-state index in [-0.39, 0.29) is 0 Å². The number of unbranched alkanes of at least 4 members (excludes halogenated alkanes) is 5. The molecule has 4 heteroatoms. The van der Waals surface area contributed by atoms with Gasteiger partial charge in [-0.2, -0.15) is 5.26 Å². The second-order valence-electron chi connectivity index (χ2n) is 8.09. The highest BCUT2D eigenvalue weighted by Crippen LogP contribution is 2.22. The van der Waals surface area contributed by atoms with Crippen LogP contribution in [0.25, 0.3) is 23.5 Å². The Labute approximate surface area is 196 Å². The number of allylic oxidation sites excluding steroid dienone is 2. The third-order valence-electron chi connectivity index (χ3n) is 5.47. The van der Waals surface area contributed by atoms with E-state index >= 15 is 0 Å². The van der Waals surface area contributed by atoms with E-state index in [9.17, 15) is 5.26 Å². The Morgan fingerprint density at radius 2 is 1.85 bits per heavy atom. The van der Waals surface area contributed by atoms with Gasteiger partial charge in [-0.3, -0.25) is 4.98 Å². The van der Waals surface area contributed by atoms with E-state index in [1.165, 1.54) is 32.1 Å². The second kappa shape index (κ2) is 12.5. The number of ether oxygens (including phenoxy) is 1. The molecule has 1 aromatic carbocycles. The van der Waals surface area contributed by atoms with Crippen LogP contribution >= 0.6 is 0 Å². The first-order valence-electron chi connectivity index (χ1n) is 11.7. The summed E-state index contributed by atoms with van der Waals surface area (Å²) < 4.78 is 12.1. The summed E-state index contributed by atoms with van der Waals surface area (Å²) in [6, 6.07) is 13.9. The van der Waals surface area contributed by atoms with Crippen molar-refractivity contribution < 1.29 is 9.15 Å². The van der Waals surface area contributed by atoms with E-state index < -0.39 is 0 Å². The zero-order chi connectivity index (χ0) is 23.5. The third kappa shape index (κ3) is 6.70. The number of furan rings is 1. The van der Waals surface area contributed by atoms with Crippen LogP contribution in [-0.2, 0) is 0 Å². The van der Waals surface area contributed by atoms with Crippen LogP contribution in [0, 0.1) is 11.3 Å². The Morgan fingerprint density at radius 1 is 1.09 bits per heavy atom. The molecule has 170 valence electrons. The molecule has 0 saturated heterocycles. The first-order valence-corrected chi connectivity index (χ1v) is 11.7. The summed E-state index contributed by atoms with van der Waals surface area (Å²) in [6.07, 6.45) is 14.7. The van der Waals surface area contributed by atoms with Crippen molar-refractivity contribution in [3.8, 4) is 23.1 Å². The molecule has 0 N–H and O–H groups in total. The number of benzene rings is 1. The highest BCUT2D eigenvalue weighted by atomic mass is 16.5. The average Bonchev–Trinajstić information content (AvgIpc) is 3.23. The summed E-state index contributed by atoms with van der Waals surface area (Å²) in [4.78, 5) is 4.18. The van der Waals surface area contributed by atoms with Crippen molar-refractivity contribution in [1.82, 2.24) is 4.98 Å². The van der Waals surface area contributed by atoms with Gasteiger partial charge in [0.2, 0.25) is 0 Å². The van der Waals surface area contributed by atoms with E-state index in [1.807, 2.05) is 49.4 Å². The van der Waals surface area contributed by atoms with Crippen LogP contribution in [0.2, 0.25) is 0 Å². The van der Waals surface area contributed by atoms with Crippen molar-refractivity contribution in [3.63, 3.8) is 0 Å². The molecule has 4 nitrogen and oxygen atoms in total. The maximum atomic E-state index is 9.22. The van der Waals surface area contributed by atoms with Crippen molar-refractivity contribution in [3.05, 3.63) is 82.7 Å². The molecule has 0 radical (unpaired) electrons. The summed E-state index contributed by atoms with van der Waals surface area (Å²) in [5.41, 5.74) is 3.79. The normalized spacial score (nSPS) is 12.0. The van der Waals surface area contributed by atoms with Crippen LogP contribution in [0.4, 0.5) is 0 Å². The molecule has 0 aliphatic rings. The van der Waals surface area contributed by atoms with Crippen LogP contribution in [-0.4, -0.2) is 11.6 Å². The average molecular weight is 441 g/mol. The van der Waals surface area contributed by atoms with Crippen LogP contribution in [0.1, 0.15) is 63.5 Å². The fraction of sp³-hybridized carbons (Fsp3) is 0.310. The van der Waals surface area contributed by atoms with Gasteiger partial charge in [0, 0.05) is 34.3 Å². The molecular formula is C29H32N2O2. The van der Waals surface area contributed by atoms with Crippen molar-refractivity contribution in [2.45, 2.75) is 52.4 Å². The largest absolute Gasteiger partial charge is 0.494 e. The SMILES string of the molecule is C=c1cc(-c2ccc(OCCCCCCCC)cc2)o/c1=C(/C=C\C)c1cncc(C#N)c1. The number of rotatable bonds is 11. The van der Waals surface area contributed by atoms with Crippen LogP contribution in [0.5, 0.6) is 5.75 Å². The molecule has 3 rings (SSSR count). The maximum absolute atomic E-state index is 9.22. The van der Waals surface area contributed by atoms with Gasteiger partial charge in [-0.05, 0) is 49.7 Å². The van der Waals surface area contributed by atoms with Crippen LogP contribution in [0.15, 0.2) is 65.4 Å². The molecule has 0 fully saturated rings. The molecule has 33 heavy (non-hydrogen) atoms. The van der Waals surface area contributed by atoms with Gasteiger partial charge in [-0.25, -0.2) is 0 Å². The molecule has 0 aliphatic carbocycles. The lowest BCUT2D eigenvalue weighted by molar-refractivity contribution is 0.304. The van der Waals surface area contributed by atoms with E-state index in [0.29, 0.717) is 11.0 Å². The van der Waals surface area contributed by atoms with Crippen molar-refractivity contribution in [1.29, 1.82) is 5.26 Å². The fourth-order valence-electron chi connectivity index (χ4n) is 3.70. The molecule has 0 spiro atoms. The lowest BCUT2D eigenvalue weighted by atomic mass is 10.1. The lowest BCUT2D eigenvalue weighted by Crippen LogP contribution is -2.20. The quantitative estimate of drug-likeness (QED) is 0.336. The van der Waals surface area contributed by atoms with E-state index in [0.717, 1.165) is 46.5 Å². The fourth-order valence-corrected chi connectivity index (χ4v) is 3.70. The number of hydrogen-bond acceptors (Lipinski definition) is 4. The molecule has 0 atom stereocenters. The Kier molecular flexibility index (Phi) is 9.08. The second-order valence-corrected chi connectivity index (χ2v) is 8.09. The highest BCUT2D eigenvalue weighted by molar-refractivity contribution is 5.73. The Hall–Kier alpha value is -3.58. The van der Waals surface area contributed by atoms with Gasteiger partial charge in [0.25, 0.3) is 0 Å². The van der Waals surface area contributed by atoms with Crippen molar-refractivity contribution in [2.75, 3.05) is 6.61 Å². The van der Waals surface area contributed by atoms with Gasteiger partial charge in [0.05, 0.1) is 12.2 Å². The molecule has 0 amide bonds. The first kappa shape index (κ1) is 24.1. The van der Waals surface area contributed by atoms with Gasteiger partial charge in [0.1, 0.15) is 23.0 Å². The summed E-state index contributed by atoms with van der Waals surface area (Å²) in [5.74, 6) is 1.61. The number of aromatic nitrogens is 1. The molecule has 0 saturated carbocycles. The third-order valence-corrected chi connectivity index (χ3v) is 5.47. The predicted molar refractivity (Wildman–Crippen MR) is 134 cm³/mol. The summed E-state index contributed by atoms with van der Waals surface area (Å²) in [6.45, 7) is 9.10. The zero-order valence-corrected chi connectivity index (χ0v) is 19.6. The number of nitriles is 1. The smallest absolute Gasteiger partial charge is 0.142 e. The molecule has 0 bridgehead atoms. The monoisotopic (exact) mass is 440 g/mol. The summed E-state index contributed by atoms with van der Waals surface area (Å²) in [7, 11) is 0. The maximum Gasteiger partial charge on any atom is 0.142 e. The summed E-state index contributed by atoms with van der Waals surface area (Å²) in [5, 5.41) is 10.0. The van der Waals surface area contributed by atoms with E-state index in [1.54, 1.807) is 18.5 Å². The molecule has 0 aliphatic heterocycles. The molecule has 2 aromatic heterocycles.